The minimum absolute atomic E-state index is 0.217. The monoisotopic (exact) mass is 327 g/mol. The molecule has 5 heteroatoms. The number of nitrogens with one attached hydrogen (secondary N) is 1. The molecule has 1 atom stereocenters. The summed E-state index contributed by atoms with van der Waals surface area (Å²) in [6.45, 7) is 0. The van der Waals surface area contributed by atoms with Gasteiger partial charge in [-0.15, -0.1) is 0 Å². The molecular formula is C19H21NO4. The number of ether oxygens (including phenoxy) is 2. The summed E-state index contributed by atoms with van der Waals surface area (Å²) in [5.41, 5.74) is 1.80. The van der Waals surface area contributed by atoms with Crippen molar-refractivity contribution >= 4 is 11.9 Å². The molecule has 0 radical (unpaired) electrons. The number of benzene rings is 2. The predicted molar refractivity (Wildman–Crippen MR) is 90.8 cm³/mol. The van der Waals surface area contributed by atoms with Crippen LogP contribution in [0.3, 0.4) is 0 Å². The molecule has 0 bridgehead atoms. The van der Waals surface area contributed by atoms with E-state index in [1.165, 1.54) is 7.11 Å². The van der Waals surface area contributed by atoms with Crippen molar-refractivity contribution in [3.63, 3.8) is 0 Å². The van der Waals surface area contributed by atoms with Crippen LogP contribution in [0.15, 0.2) is 54.6 Å². The molecule has 126 valence electrons. The topological polar surface area (TPSA) is 64.6 Å². The highest BCUT2D eigenvalue weighted by molar-refractivity contribution is 5.85. The van der Waals surface area contributed by atoms with Crippen molar-refractivity contribution in [1.82, 2.24) is 5.32 Å². The maximum Gasteiger partial charge on any atom is 0.328 e. The highest BCUT2D eigenvalue weighted by Gasteiger charge is 2.22. The summed E-state index contributed by atoms with van der Waals surface area (Å²) in [6.07, 6.45) is 0.578. The number of hydrogen-bond acceptors (Lipinski definition) is 4. The summed E-state index contributed by atoms with van der Waals surface area (Å²) in [4.78, 5) is 24.2. The number of esters is 1. The van der Waals surface area contributed by atoms with Crippen molar-refractivity contribution in [1.29, 1.82) is 0 Å². The lowest BCUT2D eigenvalue weighted by Gasteiger charge is -2.17. The van der Waals surface area contributed by atoms with Gasteiger partial charge in [0.2, 0.25) is 5.91 Å². The normalized spacial score (nSPS) is 11.4. The largest absolute Gasteiger partial charge is 0.497 e. The number of methoxy groups -OCH3 is 2. The number of carbonyl (C=O) groups excluding carboxylic acids is 2. The molecule has 0 fully saturated rings. The Kier molecular flexibility index (Phi) is 6.37. The van der Waals surface area contributed by atoms with E-state index in [4.69, 9.17) is 9.47 Å². The summed E-state index contributed by atoms with van der Waals surface area (Å²) < 4.78 is 9.91. The number of rotatable bonds is 7. The van der Waals surface area contributed by atoms with E-state index >= 15 is 0 Å². The van der Waals surface area contributed by atoms with Crippen molar-refractivity contribution in [2.24, 2.45) is 0 Å². The zero-order valence-electron chi connectivity index (χ0n) is 13.8. The average Bonchev–Trinajstić information content (AvgIpc) is 2.62. The van der Waals surface area contributed by atoms with Crippen LogP contribution in [0.1, 0.15) is 11.1 Å². The fourth-order valence-corrected chi connectivity index (χ4v) is 2.36. The lowest BCUT2D eigenvalue weighted by atomic mass is 10.0. The second-order valence-corrected chi connectivity index (χ2v) is 5.36. The zero-order chi connectivity index (χ0) is 17.4. The average molecular weight is 327 g/mol. The van der Waals surface area contributed by atoms with Gasteiger partial charge in [0.25, 0.3) is 0 Å². The van der Waals surface area contributed by atoms with Crippen LogP contribution in [0.25, 0.3) is 0 Å². The third-order valence-electron chi connectivity index (χ3n) is 3.63. The van der Waals surface area contributed by atoms with E-state index in [2.05, 4.69) is 5.32 Å². The lowest BCUT2D eigenvalue weighted by Crippen LogP contribution is -2.43. The van der Waals surface area contributed by atoms with Gasteiger partial charge >= 0.3 is 5.97 Å². The molecule has 0 spiro atoms. The van der Waals surface area contributed by atoms with Crippen molar-refractivity contribution in [2.75, 3.05) is 14.2 Å². The fourth-order valence-electron chi connectivity index (χ4n) is 2.36. The smallest absolute Gasteiger partial charge is 0.328 e. The van der Waals surface area contributed by atoms with Crippen LogP contribution in [0.2, 0.25) is 0 Å². The summed E-state index contributed by atoms with van der Waals surface area (Å²) in [5.74, 6) is 0.0545. The lowest BCUT2D eigenvalue weighted by molar-refractivity contribution is -0.145. The molecule has 0 saturated carbocycles. The Morgan fingerprint density at radius 2 is 1.62 bits per heavy atom. The Balaban J connectivity index is 2.02. The van der Waals surface area contributed by atoms with Crippen LogP contribution in [-0.4, -0.2) is 32.1 Å². The van der Waals surface area contributed by atoms with Gasteiger partial charge in [-0.3, -0.25) is 4.79 Å². The van der Waals surface area contributed by atoms with Crippen molar-refractivity contribution in [3.05, 3.63) is 65.7 Å². The predicted octanol–water partition coefficient (Wildman–Crippen LogP) is 2.14. The van der Waals surface area contributed by atoms with Gasteiger partial charge in [-0.05, 0) is 23.3 Å². The Morgan fingerprint density at radius 1 is 0.958 bits per heavy atom. The van der Waals surface area contributed by atoms with Crippen molar-refractivity contribution in [3.8, 4) is 5.75 Å². The molecule has 0 aliphatic carbocycles. The third kappa shape index (κ3) is 5.12. The summed E-state index contributed by atoms with van der Waals surface area (Å²) in [6, 6.07) is 16.0. The van der Waals surface area contributed by atoms with Crippen LogP contribution in [0, 0.1) is 0 Å². The minimum atomic E-state index is -0.723. The highest BCUT2D eigenvalue weighted by Crippen LogP contribution is 2.13. The van der Waals surface area contributed by atoms with E-state index in [1.54, 1.807) is 7.11 Å². The molecule has 5 nitrogen and oxygen atoms in total. The van der Waals surface area contributed by atoms with Crippen LogP contribution < -0.4 is 10.1 Å². The van der Waals surface area contributed by atoms with Gasteiger partial charge < -0.3 is 14.8 Å². The molecule has 0 saturated heterocycles. The SMILES string of the molecule is COC(=O)[C@H](Cc1ccc(OC)cc1)NC(=O)Cc1ccccc1. The van der Waals surface area contributed by atoms with E-state index in [-0.39, 0.29) is 12.3 Å². The fraction of sp³-hybridized carbons (Fsp3) is 0.263. The van der Waals surface area contributed by atoms with Crippen LogP contribution >= 0.6 is 0 Å². The summed E-state index contributed by atoms with van der Waals surface area (Å²) in [7, 11) is 2.91. The molecule has 2 aromatic carbocycles. The molecule has 1 amide bonds. The van der Waals surface area contributed by atoms with E-state index in [9.17, 15) is 9.59 Å². The molecular weight excluding hydrogens is 306 g/mol. The summed E-state index contributed by atoms with van der Waals surface area (Å²) >= 11 is 0. The van der Waals surface area contributed by atoms with E-state index in [0.29, 0.717) is 6.42 Å². The van der Waals surface area contributed by atoms with Gasteiger partial charge in [0.05, 0.1) is 20.6 Å². The van der Waals surface area contributed by atoms with Crippen LogP contribution in [-0.2, 0) is 27.2 Å². The van der Waals surface area contributed by atoms with Gasteiger partial charge in [0.15, 0.2) is 0 Å². The van der Waals surface area contributed by atoms with Gasteiger partial charge in [0, 0.05) is 6.42 Å². The Hall–Kier alpha value is -2.82. The Morgan fingerprint density at radius 3 is 2.21 bits per heavy atom. The number of hydrogen-bond donors (Lipinski definition) is 1. The van der Waals surface area contributed by atoms with E-state index < -0.39 is 12.0 Å². The minimum Gasteiger partial charge on any atom is -0.497 e. The molecule has 0 aliphatic rings. The quantitative estimate of drug-likeness (QED) is 0.791. The summed E-state index contributed by atoms with van der Waals surface area (Å²) in [5, 5.41) is 2.75. The maximum absolute atomic E-state index is 12.2. The van der Waals surface area contributed by atoms with Crippen molar-refractivity contribution < 1.29 is 19.1 Å². The van der Waals surface area contributed by atoms with E-state index in [0.717, 1.165) is 16.9 Å². The molecule has 0 aliphatic heterocycles. The van der Waals surface area contributed by atoms with Crippen LogP contribution in [0.4, 0.5) is 0 Å². The standard InChI is InChI=1S/C19H21NO4/c1-23-16-10-8-15(9-11-16)12-17(19(22)24-2)20-18(21)13-14-6-4-3-5-7-14/h3-11,17H,12-13H2,1-2H3,(H,20,21)/t17-/m0/s1. The molecule has 1 N–H and O–H groups in total. The third-order valence-corrected chi connectivity index (χ3v) is 3.63. The number of carbonyl (C=O) groups is 2. The Labute approximate surface area is 141 Å². The molecule has 0 aromatic heterocycles. The first kappa shape index (κ1) is 17.5. The Bertz CT molecular complexity index is 668. The maximum atomic E-state index is 12.2. The van der Waals surface area contributed by atoms with Gasteiger partial charge in [-0.25, -0.2) is 4.79 Å². The van der Waals surface area contributed by atoms with Gasteiger partial charge in [-0.1, -0.05) is 42.5 Å². The van der Waals surface area contributed by atoms with Crippen molar-refractivity contribution in [2.45, 2.75) is 18.9 Å². The van der Waals surface area contributed by atoms with Gasteiger partial charge in [-0.2, -0.15) is 0 Å². The van der Waals surface area contributed by atoms with Crippen LogP contribution in [0.5, 0.6) is 5.75 Å². The highest BCUT2D eigenvalue weighted by atomic mass is 16.5. The molecule has 0 heterocycles. The first-order chi connectivity index (χ1) is 11.6. The second-order valence-electron chi connectivity index (χ2n) is 5.36. The van der Waals surface area contributed by atoms with E-state index in [1.807, 2.05) is 54.6 Å². The zero-order valence-corrected chi connectivity index (χ0v) is 13.8. The second kappa shape index (κ2) is 8.72. The molecule has 2 rings (SSSR count). The first-order valence-electron chi connectivity index (χ1n) is 7.66. The molecule has 24 heavy (non-hydrogen) atoms. The van der Waals surface area contributed by atoms with Gasteiger partial charge in [0.1, 0.15) is 11.8 Å². The first-order valence-corrected chi connectivity index (χ1v) is 7.66. The molecule has 2 aromatic rings. The molecule has 0 unspecified atom stereocenters. The number of amides is 1.